The molecule has 0 aliphatic carbocycles. The number of carbonyl (C=O) groups excluding carboxylic acids is 1. The van der Waals surface area contributed by atoms with Crippen LogP contribution >= 0.6 is 0 Å². The Hall–Kier alpha value is -1.45. The third-order valence-electron chi connectivity index (χ3n) is 5.21. The number of amides is 1. The topological polar surface area (TPSA) is 51.3 Å². The molecule has 1 amide bonds. The van der Waals surface area contributed by atoms with Gasteiger partial charge in [-0.25, -0.2) is 0 Å². The molecule has 0 unspecified atom stereocenters. The maximum absolute atomic E-state index is 12.7. The van der Waals surface area contributed by atoms with Crippen molar-refractivity contribution in [2.75, 3.05) is 18.8 Å². The van der Waals surface area contributed by atoms with Crippen molar-refractivity contribution in [3.8, 4) is 0 Å². The van der Waals surface area contributed by atoms with Gasteiger partial charge < -0.3 is 15.2 Å². The van der Waals surface area contributed by atoms with Crippen LogP contribution < -0.4 is 5.73 Å². The Morgan fingerprint density at radius 2 is 1.86 bits per heavy atom. The van der Waals surface area contributed by atoms with E-state index in [4.69, 9.17) is 5.73 Å². The highest BCUT2D eigenvalue weighted by Gasteiger charge is 2.33. The van der Waals surface area contributed by atoms with E-state index in [1.54, 1.807) is 0 Å². The molecule has 1 aliphatic heterocycles. The molecule has 0 aromatic carbocycles. The van der Waals surface area contributed by atoms with Crippen molar-refractivity contribution < 1.29 is 4.79 Å². The van der Waals surface area contributed by atoms with Gasteiger partial charge in [0.05, 0.1) is 5.69 Å². The quantitative estimate of drug-likeness (QED) is 0.902. The van der Waals surface area contributed by atoms with Gasteiger partial charge in [-0.1, -0.05) is 33.6 Å². The van der Waals surface area contributed by atoms with Crippen LogP contribution in [0.5, 0.6) is 0 Å². The van der Waals surface area contributed by atoms with Gasteiger partial charge >= 0.3 is 0 Å². The van der Waals surface area contributed by atoms with Crippen molar-refractivity contribution in [1.82, 2.24) is 9.47 Å². The molecule has 118 valence electrons. The van der Waals surface area contributed by atoms with Gasteiger partial charge in [-0.2, -0.15) is 0 Å². The number of hydrogen-bond donors (Lipinski definition) is 1. The average molecular weight is 291 g/mol. The highest BCUT2D eigenvalue weighted by Crippen LogP contribution is 2.38. The first-order chi connectivity index (χ1) is 10.0. The Bertz CT molecular complexity index is 478. The smallest absolute Gasteiger partial charge is 0.270 e. The Morgan fingerprint density at radius 3 is 2.38 bits per heavy atom. The van der Waals surface area contributed by atoms with E-state index in [1.165, 1.54) is 12.8 Å². The predicted molar refractivity (Wildman–Crippen MR) is 87.3 cm³/mol. The van der Waals surface area contributed by atoms with Crippen LogP contribution in [0.2, 0.25) is 0 Å². The van der Waals surface area contributed by atoms with Crippen LogP contribution in [0, 0.1) is 5.41 Å². The van der Waals surface area contributed by atoms with E-state index < -0.39 is 0 Å². The summed E-state index contributed by atoms with van der Waals surface area (Å²) in [6.45, 7) is 9.25. The summed E-state index contributed by atoms with van der Waals surface area (Å²) in [4.78, 5) is 14.8. The number of nitrogen functional groups attached to an aromatic ring is 1. The molecule has 4 heteroatoms. The number of piperidine rings is 1. The number of likely N-dealkylation sites (tertiary alicyclic amines) is 1. The van der Waals surface area contributed by atoms with Gasteiger partial charge in [-0.3, -0.25) is 4.79 Å². The molecule has 4 nitrogen and oxygen atoms in total. The van der Waals surface area contributed by atoms with Gasteiger partial charge in [0.2, 0.25) is 0 Å². The van der Waals surface area contributed by atoms with E-state index in [9.17, 15) is 4.79 Å². The van der Waals surface area contributed by atoms with Crippen LogP contribution in [0.4, 0.5) is 5.69 Å². The second-order valence-electron chi connectivity index (χ2n) is 6.35. The van der Waals surface area contributed by atoms with E-state index in [2.05, 4.69) is 20.8 Å². The maximum atomic E-state index is 12.7. The Balaban J connectivity index is 2.08. The van der Waals surface area contributed by atoms with E-state index in [-0.39, 0.29) is 5.91 Å². The number of nitrogens with two attached hydrogens (primary N) is 1. The minimum Gasteiger partial charge on any atom is -0.397 e. The fourth-order valence-electron chi connectivity index (χ4n) is 3.44. The number of aryl methyl sites for hydroxylation is 1. The molecule has 1 fully saturated rings. The zero-order valence-electron chi connectivity index (χ0n) is 13.7. The third-order valence-corrected chi connectivity index (χ3v) is 5.21. The second kappa shape index (κ2) is 6.54. The predicted octanol–water partition coefficient (Wildman–Crippen LogP) is 3.52. The number of anilines is 1. The lowest BCUT2D eigenvalue weighted by atomic mass is 9.74. The van der Waals surface area contributed by atoms with Gasteiger partial charge in [-0.15, -0.1) is 0 Å². The summed E-state index contributed by atoms with van der Waals surface area (Å²) in [5.41, 5.74) is 7.74. The normalized spacial score (nSPS) is 18.0. The fraction of sp³-hybridized carbons (Fsp3) is 0.706. The SMILES string of the molecule is CCCn1cc(N)cc1C(=O)N1CCC(CC)(CC)CC1. The lowest BCUT2D eigenvalue weighted by molar-refractivity contribution is 0.0548. The Morgan fingerprint density at radius 1 is 1.24 bits per heavy atom. The largest absolute Gasteiger partial charge is 0.397 e. The molecule has 1 aliphatic rings. The molecule has 0 spiro atoms. The van der Waals surface area contributed by atoms with Gasteiger partial charge in [0.25, 0.3) is 5.91 Å². The molecule has 2 heterocycles. The highest BCUT2D eigenvalue weighted by molar-refractivity contribution is 5.94. The molecule has 2 N–H and O–H groups in total. The Kier molecular flexibility index (Phi) is 4.96. The highest BCUT2D eigenvalue weighted by atomic mass is 16.2. The van der Waals surface area contributed by atoms with Crippen molar-refractivity contribution in [3.63, 3.8) is 0 Å². The number of nitrogens with zero attached hydrogens (tertiary/aromatic N) is 2. The molecule has 0 bridgehead atoms. The lowest BCUT2D eigenvalue weighted by Gasteiger charge is -2.41. The van der Waals surface area contributed by atoms with E-state index in [0.29, 0.717) is 11.1 Å². The van der Waals surface area contributed by atoms with E-state index >= 15 is 0 Å². The standard InChI is InChI=1S/C17H29N3O/c1-4-9-20-13-14(18)12-15(20)16(21)19-10-7-17(5-2,6-3)8-11-19/h12-13H,4-11,18H2,1-3H3. The molecule has 0 radical (unpaired) electrons. The number of aromatic nitrogens is 1. The van der Waals surface area contributed by atoms with Crippen molar-refractivity contribution in [2.45, 2.75) is 59.4 Å². The molecule has 1 saturated heterocycles. The molecular weight excluding hydrogens is 262 g/mol. The first-order valence-corrected chi connectivity index (χ1v) is 8.30. The van der Waals surface area contributed by atoms with E-state index in [0.717, 1.165) is 44.6 Å². The molecule has 21 heavy (non-hydrogen) atoms. The summed E-state index contributed by atoms with van der Waals surface area (Å²) in [6.07, 6.45) is 7.55. The second-order valence-corrected chi connectivity index (χ2v) is 6.35. The Labute approximate surface area is 128 Å². The molecular formula is C17H29N3O. The van der Waals surface area contributed by atoms with Crippen LogP contribution in [0.15, 0.2) is 12.3 Å². The summed E-state index contributed by atoms with van der Waals surface area (Å²) in [5, 5.41) is 0. The number of rotatable bonds is 5. The van der Waals surface area contributed by atoms with Gasteiger partial charge in [0, 0.05) is 25.8 Å². The summed E-state index contributed by atoms with van der Waals surface area (Å²) >= 11 is 0. The van der Waals surface area contributed by atoms with E-state index in [1.807, 2.05) is 21.7 Å². The first kappa shape index (κ1) is 15.9. The van der Waals surface area contributed by atoms with Crippen LogP contribution in [0.25, 0.3) is 0 Å². The van der Waals surface area contributed by atoms with Gasteiger partial charge in [0.1, 0.15) is 5.69 Å². The van der Waals surface area contributed by atoms with Crippen molar-refractivity contribution in [1.29, 1.82) is 0 Å². The van der Waals surface area contributed by atoms with Crippen LogP contribution in [-0.4, -0.2) is 28.5 Å². The summed E-state index contributed by atoms with van der Waals surface area (Å²) < 4.78 is 2.00. The number of hydrogen-bond acceptors (Lipinski definition) is 2. The third kappa shape index (κ3) is 3.25. The molecule has 2 rings (SSSR count). The summed E-state index contributed by atoms with van der Waals surface area (Å²) in [5.74, 6) is 0.140. The minimum absolute atomic E-state index is 0.140. The zero-order valence-corrected chi connectivity index (χ0v) is 13.7. The van der Waals surface area contributed by atoms with Crippen LogP contribution in [-0.2, 0) is 6.54 Å². The van der Waals surface area contributed by atoms with Crippen molar-refractivity contribution in [3.05, 3.63) is 18.0 Å². The molecule has 1 aromatic rings. The first-order valence-electron chi connectivity index (χ1n) is 8.30. The van der Waals surface area contributed by atoms with Crippen molar-refractivity contribution >= 4 is 11.6 Å². The summed E-state index contributed by atoms with van der Waals surface area (Å²) in [7, 11) is 0. The molecule has 1 aromatic heterocycles. The fourth-order valence-corrected chi connectivity index (χ4v) is 3.44. The van der Waals surface area contributed by atoms with Crippen LogP contribution in [0.3, 0.4) is 0 Å². The van der Waals surface area contributed by atoms with Gasteiger partial charge in [0.15, 0.2) is 0 Å². The van der Waals surface area contributed by atoms with Crippen molar-refractivity contribution in [2.24, 2.45) is 5.41 Å². The monoisotopic (exact) mass is 291 g/mol. The number of carbonyl (C=O) groups is 1. The minimum atomic E-state index is 0.140. The zero-order chi connectivity index (χ0) is 15.5. The maximum Gasteiger partial charge on any atom is 0.270 e. The average Bonchev–Trinajstić information content (AvgIpc) is 2.88. The molecule has 0 atom stereocenters. The summed E-state index contributed by atoms with van der Waals surface area (Å²) in [6, 6.07) is 1.82. The van der Waals surface area contributed by atoms with Gasteiger partial charge in [-0.05, 0) is 30.7 Å². The molecule has 0 saturated carbocycles. The lowest BCUT2D eigenvalue weighted by Crippen LogP contribution is -2.43. The van der Waals surface area contributed by atoms with Crippen LogP contribution in [0.1, 0.15) is 63.4 Å².